The Morgan fingerprint density at radius 2 is 1.87 bits per heavy atom. The number of hydrogen-bond donors (Lipinski definition) is 0. The van der Waals surface area contributed by atoms with Gasteiger partial charge in [0.25, 0.3) is 5.19 Å². The number of carbonyl (C=O) groups excluding carboxylic acids is 2. The van der Waals surface area contributed by atoms with E-state index < -0.39 is 0 Å². The van der Waals surface area contributed by atoms with Crippen LogP contribution in [0.25, 0.3) is 10.2 Å². The molecule has 8 heteroatoms. The average molecular weight is 447 g/mol. The Morgan fingerprint density at radius 3 is 2.60 bits per heavy atom. The smallest absolute Gasteiger partial charge is 0.274 e. The van der Waals surface area contributed by atoms with Crippen molar-refractivity contribution >= 4 is 44.8 Å². The highest BCUT2D eigenvalue weighted by molar-refractivity contribution is 7.20. The van der Waals surface area contributed by atoms with Crippen molar-refractivity contribution < 1.29 is 18.7 Å². The normalized spacial score (nSPS) is 14.8. The first kappa shape index (κ1) is 20.8. The third-order valence-electron chi connectivity index (χ3n) is 5.13. The molecule has 1 amide bonds. The largest absolute Gasteiger partial charge is 0.467 e. The molecule has 3 aromatic rings. The summed E-state index contributed by atoms with van der Waals surface area (Å²) in [6.45, 7) is 1.16. The van der Waals surface area contributed by atoms with E-state index in [0.717, 1.165) is 10.2 Å². The van der Waals surface area contributed by atoms with Crippen LogP contribution in [0.1, 0.15) is 36.0 Å². The number of piperidine rings is 1. The quantitative estimate of drug-likeness (QED) is 0.493. The summed E-state index contributed by atoms with van der Waals surface area (Å²) in [5, 5.41) is 1.10. The molecule has 0 radical (unpaired) electrons. The summed E-state index contributed by atoms with van der Waals surface area (Å²) in [5.41, 5.74) is 1.28. The zero-order valence-electron chi connectivity index (χ0n) is 16.1. The van der Waals surface area contributed by atoms with Crippen LogP contribution in [0.15, 0.2) is 42.5 Å². The van der Waals surface area contributed by atoms with Crippen LogP contribution in [-0.4, -0.2) is 40.8 Å². The van der Waals surface area contributed by atoms with Crippen LogP contribution in [0.2, 0.25) is 5.02 Å². The van der Waals surface area contributed by atoms with Crippen molar-refractivity contribution in [2.24, 2.45) is 0 Å². The number of carbonyl (C=O) groups is 2. The van der Waals surface area contributed by atoms with Gasteiger partial charge in [-0.15, -0.1) is 0 Å². The van der Waals surface area contributed by atoms with Crippen molar-refractivity contribution in [3.63, 3.8) is 0 Å². The number of ketones is 1. The highest BCUT2D eigenvalue weighted by Gasteiger charge is 2.25. The lowest BCUT2D eigenvalue weighted by molar-refractivity contribution is -0.132. The second-order valence-electron chi connectivity index (χ2n) is 7.22. The molecule has 156 valence electrons. The summed E-state index contributed by atoms with van der Waals surface area (Å²) in [5.74, 6) is -0.379. The first-order valence-corrected chi connectivity index (χ1v) is 11.0. The van der Waals surface area contributed by atoms with Crippen molar-refractivity contribution in [2.75, 3.05) is 13.1 Å². The van der Waals surface area contributed by atoms with Crippen LogP contribution < -0.4 is 4.74 Å². The van der Waals surface area contributed by atoms with E-state index in [1.165, 1.54) is 23.5 Å². The molecule has 0 spiro atoms. The molecule has 0 unspecified atom stereocenters. The number of nitrogens with zero attached hydrogens (tertiary/aromatic N) is 2. The van der Waals surface area contributed by atoms with E-state index >= 15 is 0 Å². The Labute approximate surface area is 182 Å². The molecule has 30 heavy (non-hydrogen) atoms. The predicted molar refractivity (Wildman–Crippen MR) is 115 cm³/mol. The minimum absolute atomic E-state index is 0.0220. The number of aromatic nitrogens is 1. The maximum atomic E-state index is 13.3. The van der Waals surface area contributed by atoms with Crippen LogP contribution in [0, 0.1) is 5.82 Å². The van der Waals surface area contributed by atoms with Crippen molar-refractivity contribution in [3.05, 3.63) is 58.9 Å². The molecular weight excluding hydrogens is 427 g/mol. The fourth-order valence-electron chi connectivity index (χ4n) is 3.45. The summed E-state index contributed by atoms with van der Waals surface area (Å²) in [7, 11) is 0. The molecule has 1 aliphatic rings. The molecule has 2 aromatic carbocycles. The van der Waals surface area contributed by atoms with Crippen LogP contribution in [0.3, 0.4) is 0 Å². The zero-order valence-corrected chi connectivity index (χ0v) is 17.7. The van der Waals surface area contributed by atoms with Gasteiger partial charge < -0.3 is 9.64 Å². The second kappa shape index (κ2) is 9.10. The van der Waals surface area contributed by atoms with Gasteiger partial charge in [-0.05, 0) is 42.5 Å². The Morgan fingerprint density at radius 1 is 1.13 bits per heavy atom. The van der Waals surface area contributed by atoms with E-state index in [0.29, 0.717) is 41.7 Å². The molecule has 4 rings (SSSR count). The van der Waals surface area contributed by atoms with Crippen molar-refractivity contribution in [1.29, 1.82) is 0 Å². The molecule has 0 atom stereocenters. The maximum Gasteiger partial charge on any atom is 0.274 e. The van der Waals surface area contributed by atoms with Crippen LogP contribution in [0.4, 0.5) is 4.39 Å². The number of Topliss-reactive ketones (excluding diaryl/α,β-unsaturated/α-hetero) is 1. The predicted octanol–water partition coefficient (Wildman–Crippen LogP) is 5.12. The summed E-state index contributed by atoms with van der Waals surface area (Å²) in [6.07, 6.45) is 1.73. The molecule has 1 aromatic heterocycles. The highest BCUT2D eigenvalue weighted by atomic mass is 35.5. The van der Waals surface area contributed by atoms with E-state index in [-0.39, 0.29) is 36.5 Å². The summed E-state index contributed by atoms with van der Waals surface area (Å²) < 4.78 is 20.0. The molecule has 2 heterocycles. The number of likely N-dealkylation sites (tertiary alicyclic amines) is 1. The number of hydrogen-bond acceptors (Lipinski definition) is 5. The lowest BCUT2D eigenvalue weighted by atomic mass is 10.0. The maximum absolute atomic E-state index is 13.3. The monoisotopic (exact) mass is 446 g/mol. The minimum atomic E-state index is -0.293. The van der Waals surface area contributed by atoms with E-state index in [1.54, 1.807) is 35.2 Å². The first-order chi connectivity index (χ1) is 14.5. The Hall–Kier alpha value is -2.51. The third kappa shape index (κ3) is 4.96. The van der Waals surface area contributed by atoms with Crippen LogP contribution >= 0.6 is 22.9 Å². The van der Waals surface area contributed by atoms with Gasteiger partial charge in [0.15, 0.2) is 5.78 Å². The number of thiazole rings is 1. The second-order valence-corrected chi connectivity index (χ2v) is 8.65. The molecule has 1 aliphatic heterocycles. The van der Waals surface area contributed by atoms with E-state index in [1.807, 2.05) is 0 Å². The molecule has 0 N–H and O–H groups in total. The summed E-state index contributed by atoms with van der Waals surface area (Å²) in [4.78, 5) is 30.9. The van der Waals surface area contributed by atoms with Gasteiger partial charge in [-0.2, -0.15) is 0 Å². The lowest BCUT2D eigenvalue weighted by Gasteiger charge is -2.31. The minimum Gasteiger partial charge on any atom is -0.467 e. The Balaban J connectivity index is 1.24. The number of halogens is 2. The standard InChI is InChI=1S/C22H20ClFN2O3S/c23-15-3-1-14(2-4-15)19(27)7-8-21(28)26-11-9-17(10-12-26)29-22-25-18-6-5-16(24)13-20(18)30-22/h1-6,13,17H,7-12H2. The molecule has 0 saturated carbocycles. The zero-order chi connectivity index (χ0) is 21.1. The topological polar surface area (TPSA) is 59.5 Å². The highest BCUT2D eigenvalue weighted by Crippen LogP contribution is 2.30. The van der Waals surface area contributed by atoms with Gasteiger partial charge in [-0.25, -0.2) is 9.37 Å². The lowest BCUT2D eigenvalue weighted by Crippen LogP contribution is -2.41. The van der Waals surface area contributed by atoms with Crippen molar-refractivity contribution in [3.8, 4) is 5.19 Å². The fraction of sp³-hybridized carbons (Fsp3) is 0.318. The van der Waals surface area contributed by atoms with Crippen molar-refractivity contribution in [2.45, 2.75) is 31.8 Å². The van der Waals surface area contributed by atoms with E-state index in [4.69, 9.17) is 16.3 Å². The van der Waals surface area contributed by atoms with Gasteiger partial charge in [0, 0.05) is 49.4 Å². The van der Waals surface area contributed by atoms with E-state index in [2.05, 4.69) is 4.98 Å². The molecule has 1 fully saturated rings. The first-order valence-electron chi connectivity index (χ1n) is 9.77. The number of rotatable bonds is 6. The van der Waals surface area contributed by atoms with Crippen molar-refractivity contribution in [1.82, 2.24) is 9.88 Å². The molecule has 1 saturated heterocycles. The van der Waals surface area contributed by atoms with Gasteiger partial charge in [-0.3, -0.25) is 9.59 Å². The SMILES string of the molecule is O=C(CCC(=O)N1CCC(Oc2nc3ccc(F)cc3s2)CC1)c1ccc(Cl)cc1. The van der Waals surface area contributed by atoms with Gasteiger partial charge in [0.1, 0.15) is 11.9 Å². The third-order valence-corrected chi connectivity index (χ3v) is 6.29. The van der Waals surface area contributed by atoms with Crippen LogP contribution in [0.5, 0.6) is 5.19 Å². The number of amides is 1. The molecule has 5 nitrogen and oxygen atoms in total. The summed E-state index contributed by atoms with van der Waals surface area (Å²) in [6, 6.07) is 11.2. The Kier molecular flexibility index (Phi) is 6.29. The number of fused-ring (bicyclic) bond motifs is 1. The molecule has 0 bridgehead atoms. The average Bonchev–Trinajstić information content (AvgIpc) is 3.14. The summed E-state index contributed by atoms with van der Waals surface area (Å²) >= 11 is 7.16. The fourth-order valence-corrected chi connectivity index (χ4v) is 4.48. The van der Waals surface area contributed by atoms with Gasteiger partial charge in [-0.1, -0.05) is 22.9 Å². The number of ether oxygens (including phenoxy) is 1. The van der Waals surface area contributed by atoms with Gasteiger partial charge in [0.2, 0.25) is 5.91 Å². The molecule has 0 aliphatic carbocycles. The van der Waals surface area contributed by atoms with E-state index in [9.17, 15) is 14.0 Å². The van der Waals surface area contributed by atoms with Gasteiger partial charge >= 0.3 is 0 Å². The van der Waals surface area contributed by atoms with Crippen LogP contribution in [-0.2, 0) is 4.79 Å². The Bertz CT molecular complexity index is 1060. The van der Waals surface area contributed by atoms with Gasteiger partial charge in [0.05, 0.1) is 10.2 Å². The molecular formula is C22H20ClFN2O3S. The number of benzene rings is 2.